The van der Waals surface area contributed by atoms with Gasteiger partial charge in [-0.05, 0) is 13.8 Å². The molecule has 94 valence electrons. The third-order valence-electron chi connectivity index (χ3n) is 2.10. The fourth-order valence-electron chi connectivity index (χ4n) is 1.30. The highest BCUT2D eigenvalue weighted by Gasteiger charge is 2.10. The molecule has 0 aromatic carbocycles. The number of nitrogens with one attached hydrogen (secondary N) is 1. The van der Waals surface area contributed by atoms with E-state index in [9.17, 15) is 4.79 Å². The molecule has 0 spiro atoms. The Hall–Kier alpha value is -1.69. The summed E-state index contributed by atoms with van der Waals surface area (Å²) in [6.07, 6.45) is 3.33. The van der Waals surface area contributed by atoms with Crippen molar-refractivity contribution in [2.75, 3.05) is 18.5 Å². The van der Waals surface area contributed by atoms with Crippen LogP contribution < -0.4 is 16.0 Å². The zero-order chi connectivity index (χ0) is 12.8. The molecule has 1 aromatic heterocycles. The highest BCUT2D eigenvalue weighted by molar-refractivity contribution is 5.80. The van der Waals surface area contributed by atoms with E-state index in [1.807, 2.05) is 13.8 Å². The van der Waals surface area contributed by atoms with Crippen LogP contribution in [-0.4, -0.2) is 35.5 Å². The molecule has 1 rings (SSSR count). The summed E-state index contributed by atoms with van der Waals surface area (Å²) in [6.45, 7) is 4.49. The quantitative estimate of drug-likeness (QED) is 0.747. The fraction of sp³-hybridized carbons (Fsp3) is 0.545. The van der Waals surface area contributed by atoms with Crippen LogP contribution in [0.15, 0.2) is 12.4 Å². The molecular formula is C11H19N5O. The van der Waals surface area contributed by atoms with E-state index in [0.717, 1.165) is 5.56 Å². The number of carbonyl (C=O) groups excluding carboxylic acids is 1. The Morgan fingerprint density at radius 1 is 1.47 bits per heavy atom. The Balaban J connectivity index is 2.56. The molecule has 6 heteroatoms. The Kier molecular flexibility index (Phi) is 4.84. The number of nitrogens with two attached hydrogens (primary N) is 1. The first kappa shape index (κ1) is 13.4. The van der Waals surface area contributed by atoms with Crippen molar-refractivity contribution in [1.29, 1.82) is 0 Å². The van der Waals surface area contributed by atoms with Crippen LogP contribution >= 0.6 is 0 Å². The van der Waals surface area contributed by atoms with Crippen LogP contribution in [0.25, 0.3) is 0 Å². The molecule has 0 fully saturated rings. The summed E-state index contributed by atoms with van der Waals surface area (Å²) in [6, 6.07) is 0.136. The molecule has 0 saturated carbocycles. The van der Waals surface area contributed by atoms with Crippen LogP contribution in [-0.2, 0) is 11.3 Å². The summed E-state index contributed by atoms with van der Waals surface area (Å²) in [4.78, 5) is 21.5. The number of anilines is 1. The minimum atomic E-state index is -0.0472. The summed E-state index contributed by atoms with van der Waals surface area (Å²) in [5.41, 5.74) is 6.32. The molecule has 0 aliphatic rings. The zero-order valence-corrected chi connectivity index (χ0v) is 10.5. The van der Waals surface area contributed by atoms with Crippen LogP contribution in [0.3, 0.4) is 0 Å². The lowest BCUT2D eigenvalue weighted by Crippen LogP contribution is -2.39. The van der Waals surface area contributed by atoms with Crippen LogP contribution in [0.5, 0.6) is 0 Å². The highest BCUT2D eigenvalue weighted by Crippen LogP contribution is 2.04. The lowest BCUT2D eigenvalue weighted by molar-refractivity contribution is -0.120. The van der Waals surface area contributed by atoms with Crippen LogP contribution in [0.2, 0.25) is 0 Å². The molecule has 3 N–H and O–H groups in total. The summed E-state index contributed by atoms with van der Waals surface area (Å²) >= 11 is 0. The van der Waals surface area contributed by atoms with Crippen molar-refractivity contribution in [3.8, 4) is 0 Å². The maximum Gasteiger partial charge on any atom is 0.239 e. The second-order valence-corrected chi connectivity index (χ2v) is 4.17. The average molecular weight is 237 g/mol. The van der Waals surface area contributed by atoms with Gasteiger partial charge in [-0.25, -0.2) is 9.97 Å². The van der Waals surface area contributed by atoms with E-state index in [2.05, 4.69) is 15.3 Å². The van der Waals surface area contributed by atoms with Gasteiger partial charge in [0.05, 0.1) is 6.54 Å². The molecule has 17 heavy (non-hydrogen) atoms. The van der Waals surface area contributed by atoms with Gasteiger partial charge in [0.1, 0.15) is 0 Å². The Labute approximate surface area is 101 Å². The highest BCUT2D eigenvalue weighted by atomic mass is 16.2. The van der Waals surface area contributed by atoms with Gasteiger partial charge in [-0.1, -0.05) is 0 Å². The number of rotatable bonds is 5. The molecule has 0 aliphatic carbocycles. The number of aromatic nitrogens is 2. The predicted molar refractivity (Wildman–Crippen MR) is 66.5 cm³/mol. The smallest absolute Gasteiger partial charge is 0.239 e. The fourth-order valence-corrected chi connectivity index (χ4v) is 1.30. The molecule has 0 atom stereocenters. The molecular weight excluding hydrogens is 218 g/mol. The Bertz CT molecular complexity index is 363. The molecule has 0 aliphatic heterocycles. The monoisotopic (exact) mass is 237 g/mol. The van der Waals surface area contributed by atoms with Crippen molar-refractivity contribution >= 4 is 11.9 Å². The number of hydrogen-bond donors (Lipinski definition) is 2. The van der Waals surface area contributed by atoms with Crippen molar-refractivity contribution in [3.63, 3.8) is 0 Å². The molecule has 0 unspecified atom stereocenters. The molecule has 6 nitrogen and oxygen atoms in total. The minimum absolute atomic E-state index is 0.0472. The number of hydrogen-bond acceptors (Lipinski definition) is 5. The van der Waals surface area contributed by atoms with Gasteiger partial charge < -0.3 is 16.0 Å². The molecule has 0 bridgehead atoms. The van der Waals surface area contributed by atoms with Crippen molar-refractivity contribution in [2.45, 2.75) is 26.4 Å². The van der Waals surface area contributed by atoms with Gasteiger partial charge in [-0.3, -0.25) is 4.79 Å². The van der Waals surface area contributed by atoms with E-state index in [-0.39, 0.29) is 18.5 Å². The molecule has 0 saturated heterocycles. The standard InChI is InChI=1S/C11H19N5O/c1-8(2)15-10(17)7-16(3)11-13-5-9(4-12)6-14-11/h5-6,8H,4,7,12H2,1-3H3,(H,15,17). The largest absolute Gasteiger partial charge is 0.352 e. The average Bonchev–Trinajstić information content (AvgIpc) is 2.28. The van der Waals surface area contributed by atoms with Gasteiger partial charge in [0.15, 0.2) is 0 Å². The zero-order valence-electron chi connectivity index (χ0n) is 10.5. The topological polar surface area (TPSA) is 84.1 Å². The maximum absolute atomic E-state index is 11.5. The lowest BCUT2D eigenvalue weighted by atomic mass is 10.3. The van der Waals surface area contributed by atoms with E-state index < -0.39 is 0 Å². The van der Waals surface area contributed by atoms with E-state index in [1.165, 1.54) is 0 Å². The first-order chi connectivity index (χ1) is 8.02. The predicted octanol–water partition coefficient (Wildman–Crippen LogP) is -0.104. The first-order valence-electron chi connectivity index (χ1n) is 5.54. The van der Waals surface area contributed by atoms with Gasteiger partial charge in [-0.15, -0.1) is 0 Å². The minimum Gasteiger partial charge on any atom is -0.352 e. The van der Waals surface area contributed by atoms with E-state index in [0.29, 0.717) is 12.5 Å². The summed E-state index contributed by atoms with van der Waals surface area (Å²) in [7, 11) is 1.78. The Morgan fingerprint density at radius 2 is 2.06 bits per heavy atom. The molecule has 1 heterocycles. The van der Waals surface area contributed by atoms with Crippen LogP contribution in [0, 0.1) is 0 Å². The second-order valence-electron chi connectivity index (χ2n) is 4.17. The van der Waals surface area contributed by atoms with Crippen molar-refractivity contribution in [2.24, 2.45) is 5.73 Å². The summed E-state index contributed by atoms with van der Waals surface area (Å²) < 4.78 is 0. The molecule has 1 amide bonds. The van der Waals surface area contributed by atoms with Crippen LogP contribution in [0.4, 0.5) is 5.95 Å². The first-order valence-corrected chi connectivity index (χ1v) is 5.54. The molecule has 0 radical (unpaired) electrons. The summed E-state index contributed by atoms with van der Waals surface area (Å²) in [5, 5.41) is 2.81. The van der Waals surface area contributed by atoms with Gasteiger partial charge in [0.25, 0.3) is 0 Å². The van der Waals surface area contributed by atoms with Crippen molar-refractivity contribution in [3.05, 3.63) is 18.0 Å². The van der Waals surface area contributed by atoms with E-state index >= 15 is 0 Å². The number of carbonyl (C=O) groups is 1. The van der Waals surface area contributed by atoms with Gasteiger partial charge in [0, 0.05) is 37.6 Å². The maximum atomic E-state index is 11.5. The van der Waals surface area contributed by atoms with Crippen molar-refractivity contribution in [1.82, 2.24) is 15.3 Å². The third-order valence-corrected chi connectivity index (χ3v) is 2.10. The van der Waals surface area contributed by atoms with Crippen molar-refractivity contribution < 1.29 is 4.79 Å². The third kappa shape index (κ3) is 4.36. The SMILES string of the molecule is CC(C)NC(=O)CN(C)c1ncc(CN)cn1. The van der Waals surface area contributed by atoms with E-state index in [4.69, 9.17) is 5.73 Å². The normalized spacial score (nSPS) is 10.4. The van der Waals surface area contributed by atoms with Gasteiger partial charge >= 0.3 is 0 Å². The number of likely N-dealkylation sites (N-methyl/N-ethyl adjacent to an activating group) is 1. The Morgan fingerprint density at radius 3 is 2.53 bits per heavy atom. The van der Waals surface area contributed by atoms with Gasteiger partial charge in [0.2, 0.25) is 11.9 Å². The van der Waals surface area contributed by atoms with Crippen LogP contribution in [0.1, 0.15) is 19.4 Å². The molecule has 1 aromatic rings. The second kappa shape index (κ2) is 6.15. The summed E-state index contributed by atoms with van der Waals surface area (Å²) in [5.74, 6) is 0.468. The number of nitrogens with zero attached hydrogens (tertiary/aromatic N) is 3. The van der Waals surface area contributed by atoms with E-state index in [1.54, 1.807) is 24.3 Å². The lowest BCUT2D eigenvalue weighted by Gasteiger charge is -2.17. The van der Waals surface area contributed by atoms with Gasteiger partial charge in [-0.2, -0.15) is 0 Å². The number of amides is 1.